The molecule has 4 heteroatoms. The average Bonchev–Trinajstić information content (AvgIpc) is 3.13. The Morgan fingerprint density at radius 1 is 1.33 bits per heavy atom. The van der Waals surface area contributed by atoms with Crippen LogP contribution in [0.1, 0.15) is 31.2 Å². The lowest BCUT2D eigenvalue weighted by molar-refractivity contribution is 0.0995. The number of nitrogens with zero attached hydrogens (tertiary/aromatic N) is 1. The number of amides is 1. The van der Waals surface area contributed by atoms with E-state index in [1.54, 1.807) is 0 Å². The molecule has 0 unspecified atom stereocenters. The summed E-state index contributed by atoms with van der Waals surface area (Å²) >= 11 is 4.42. The number of benzene rings is 1. The van der Waals surface area contributed by atoms with Crippen LogP contribution in [0.15, 0.2) is 30.3 Å². The van der Waals surface area contributed by atoms with Crippen LogP contribution in [-0.2, 0) is 11.3 Å². The van der Waals surface area contributed by atoms with Crippen molar-refractivity contribution in [2.45, 2.75) is 32.3 Å². The standard InChI is InChI=1S/C17H23NO2S/c19-16(20-11-14-4-2-1-3-5-14)18-9-8-17(13-18)7-6-15(10-17)12-21/h1-5,15,21H,6-13H2/t15-,17+/m1/s1. The minimum Gasteiger partial charge on any atom is -0.445 e. The van der Waals surface area contributed by atoms with Gasteiger partial charge in [-0.25, -0.2) is 4.79 Å². The Kier molecular flexibility index (Phi) is 4.43. The van der Waals surface area contributed by atoms with Gasteiger partial charge in [0.05, 0.1) is 0 Å². The molecule has 0 bridgehead atoms. The predicted octanol–water partition coefficient (Wildman–Crippen LogP) is 3.75. The van der Waals surface area contributed by atoms with Gasteiger partial charge in [-0.1, -0.05) is 30.3 Å². The first-order chi connectivity index (χ1) is 10.2. The van der Waals surface area contributed by atoms with Crippen molar-refractivity contribution in [1.82, 2.24) is 4.90 Å². The van der Waals surface area contributed by atoms with E-state index in [2.05, 4.69) is 12.6 Å². The fourth-order valence-electron chi connectivity index (χ4n) is 3.75. The monoisotopic (exact) mass is 305 g/mol. The van der Waals surface area contributed by atoms with Crippen molar-refractivity contribution < 1.29 is 9.53 Å². The first-order valence-electron chi connectivity index (χ1n) is 7.77. The number of ether oxygens (including phenoxy) is 1. The zero-order valence-electron chi connectivity index (χ0n) is 12.3. The third-order valence-electron chi connectivity index (χ3n) is 4.96. The lowest BCUT2D eigenvalue weighted by Crippen LogP contribution is -2.31. The van der Waals surface area contributed by atoms with Crippen LogP contribution in [-0.4, -0.2) is 29.8 Å². The summed E-state index contributed by atoms with van der Waals surface area (Å²) in [4.78, 5) is 14.1. The third kappa shape index (κ3) is 3.37. The maximum Gasteiger partial charge on any atom is 0.410 e. The summed E-state index contributed by atoms with van der Waals surface area (Å²) in [5.74, 6) is 1.70. The molecule has 1 heterocycles. The first kappa shape index (κ1) is 14.8. The highest BCUT2D eigenvalue weighted by molar-refractivity contribution is 7.80. The van der Waals surface area contributed by atoms with Gasteiger partial charge >= 0.3 is 6.09 Å². The van der Waals surface area contributed by atoms with Gasteiger partial charge < -0.3 is 9.64 Å². The van der Waals surface area contributed by atoms with Gasteiger partial charge in [-0.05, 0) is 48.3 Å². The summed E-state index contributed by atoms with van der Waals surface area (Å²) in [7, 11) is 0. The average molecular weight is 305 g/mol. The van der Waals surface area contributed by atoms with Crippen LogP contribution < -0.4 is 0 Å². The molecule has 1 saturated heterocycles. The summed E-state index contributed by atoms with van der Waals surface area (Å²) < 4.78 is 5.44. The summed E-state index contributed by atoms with van der Waals surface area (Å²) in [5, 5.41) is 0. The maximum absolute atomic E-state index is 12.2. The van der Waals surface area contributed by atoms with Gasteiger partial charge in [-0.15, -0.1) is 0 Å². The van der Waals surface area contributed by atoms with Crippen molar-refractivity contribution in [2.24, 2.45) is 11.3 Å². The minimum atomic E-state index is -0.162. The van der Waals surface area contributed by atoms with Gasteiger partial charge in [0.15, 0.2) is 0 Å². The van der Waals surface area contributed by atoms with Gasteiger partial charge in [0, 0.05) is 13.1 Å². The highest BCUT2D eigenvalue weighted by atomic mass is 32.1. The fourth-order valence-corrected chi connectivity index (χ4v) is 4.07. The number of hydrogen-bond acceptors (Lipinski definition) is 3. The van der Waals surface area contributed by atoms with Crippen LogP contribution in [0, 0.1) is 11.3 Å². The van der Waals surface area contributed by atoms with E-state index >= 15 is 0 Å². The van der Waals surface area contributed by atoms with E-state index in [4.69, 9.17) is 4.74 Å². The van der Waals surface area contributed by atoms with Crippen LogP contribution in [0.25, 0.3) is 0 Å². The molecule has 1 aromatic carbocycles. The second-order valence-corrected chi connectivity index (χ2v) is 6.87. The number of carbonyl (C=O) groups excluding carboxylic acids is 1. The Morgan fingerprint density at radius 2 is 2.14 bits per heavy atom. The van der Waals surface area contributed by atoms with E-state index in [0.717, 1.165) is 36.7 Å². The summed E-state index contributed by atoms with van der Waals surface area (Å²) in [6, 6.07) is 9.85. The van der Waals surface area contributed by atoms with E-state index in [9.17, 15) is 4.79 Å². The van der Waals surface area contributed by atoms with Gasteiger partial charge in [0.1, 0.15) is 6.61 Å². The second kappa shape index (κ2) is 6.30. The van der Waals surface area contributed by atoms with Gasteiger partial charge in [0.2, 0.25) is 0 Å². The SMILES string of the molecule is O=C(OCc1ccccc1)N1CC[C@]2(CC[C@@H](CS)C2)C1. The number of hydrogen-bond donors (Lipinski definition) is 1. The van der Waals surface area contributed by atoms with Crippen LogP contribution in [0.3, 0.4) is 0 Å². The zero-order chi connectivity index (χ0) is 14.7. The molecular weight excluding hydrogens is 282 g/mol. The van der Waals surface area contributed by atoms with Crippen molar-refractivity contribution in [1.29, 1.82) is 0 Å². The van der Waals surface area contributed by atoms with E-state index in [1.807, 2.05) is 35.2 Å². The smallest absolute Gasteiger partial charge is 0.410 e. The Labute approximate surface area is 132 Å². The molecule has 1 saturated carbocycles. The number of carbonyl (C=O) groups is 1. The Hall–Kier alpha value is -1.16. The molecule has 114 valence electrons. The molecule has 1 spiro atoms. The van der Waals surface area contributed by atoms with E-state index < -0.39 is 0 Å². The zero-order valence-corrected chi connectivity index (χ0v) is 13.2. The molecule has 1 amide bonds. The molecule has 2 fully saturated rings. The molecule has 2 aliphatic rings. The molecule has 2 atom stereocenters. The Balaban J connectivity index is 1.51. The van der Waals surface area contributed by atoms with Crippen molar-refractivity contribution in [3.05, 3.63) is 35.9 Å². The fraction of sp³-hybridized carbons (Fsp3) is 0.588. The predicted molar refractivity (Wildman–Crippen MR) is 86.4 cm³/mol. The minimum absolute atomic E-state index is 0.162. The largest absolute Gasteiger partial charge is 0.445 e. The van der Waals surface area contributed by atoms with Crippen molar-refractivity contribution in [3.8, 4) is 0 Å². The van der Waals surface area contributed by atoms with Gasteiger partial charge in [0.25, 0.3) is 0 Å². The molecule has 3 rings (SSSR count). The number of likely N-dealkylation sites (tertiary alicyclic amines) is 1. The topological polar surface area (TPSA) is 29.5 Å². The lowest BCUT2D eigenvalue weighted by atomic mass is 9.85. The summed E-state index contributed by atoms with van der Waals surface area (Å²) in [5.41, 5.74) is 1.38. The first-order valence-corrected chi connectivity index (χ1v) is 8.40. The number of rotatable bonds is 3. The van der Waals surface area contributed by atoms with Crippen LogP contribution in [0.5, 0.6) is 0 Å². The molecule has 0 N–H and O–H groups in total. The lowest BCUT2D eigenvalue weighted by Gasteiger charge is -2.23. The number of thiol groups is 1. The van der Waals surface area contributed by atoms with Crippen LogP contribution in [0.2, 0.25) is 0 Å². The normalized spacial score (nSPS) is 28.2. The molecule has 1 aliphatic heterocycles. The second-order valence-electron chi connectivity index (χ2n) is 6.50. The highest BCUT2D eigenvalue weighted by Crippen LogP contribution is 2.48. The Morgan fingerprint density at radius 3 is 2.86 bits per heavy atom. The molecule has 3 nitrogen and oxygen atoms in total. The molecule has 0 radical (unpaired) electrons. The maximum atomic E-state index is 12.2. The Bertz CT molecular complexity index is 493. The van der Waals surface area contributed by atoms with E-state index in [-0.39, 0.29) is 6.09 Å². The van der Waals surface area contributed by atoms with Crippen molar-refractivity contribution in [2.75, 3.05) is 18.8 Å². The van der Waals surface area contributed by atoms with Crippen molar-refractivity contribution >= 4 is 18.7 Å². The van der Waals surface area contributed by atoms with Crippen LogP contribution in [0.4, 0.5) is 4.79 Å². The molecular formula is C17H23NO2S. The molecule has 0 aromatic heterocycles. The summed E-state index contributed by atoms with van der Waals surface area (Å²) in [6.07, 6.45) is 4.68. The summed E-state index contributed by atoms with van der Waals surface area (Å²) in [6.45, 7) is 2.07. The van der Waals surface area contributed by atoms with E-state index in [0.29, 0.717) is 12.0 Å². The van der Waals surface area contributed by atoms with Crippen LogP contribution >= 0.6 is 12.6 Å². The van der Waals surface area contributed by atoms with Gasteiger partial charge in [-0.3, -0.25) is 0 Å². The molecule has 21 heavy (non-hydrogen) atoms. The van der Waals surface area contributed by atoms with Gasteiger partial charge in [-0.2, -0.15) is 12.6 Å². The third-order valence-corrected chi connectivity index (χ3v) is 5.48. The quantitative estimate of drug-likeness (QED) is 0.862. The molecule has 1 aromatic rings. The highest BCUT2D eigenvalue weighted by Gasteiger charge is 2.45. The molecule has 1 aliphatic carbocycles. The van der Waals surface area contributed by atoms with E-state index in [1.165, 1.54) is 19.3 Å². The van der Waals surface area contributed by atoms with Crippen molar-refractivity contribution in [3.63, 3.8) is 0 Å².